The van der Waals surface area contributed by atoms with Gasteiger partial charge in [0.25, 0.3) is 0 Å². The molecule has 2 unspecified atom stereocenters. The maximum Gasteiger partial charge on any atom is 0.0837 e. The quantitative estimate of drug-likeness (QED) is 0.717. The van der Waals surface area contributed by atoms with E-state index in [1.165, 1.54) is 0 Å². The lowest BCUT2D eigenvalue weighted by atomic mass is 9.98. The third-order valence-electron chi connectivity index (χ3n) is 3.37. The molecule has 0 heterocycles. The highest BCUT2D eigenvalue weighted by Gasteiger charge is 2.11. The van der Waals surface area contributed by atoms with Crippen molar-refractivity contribution in [3.05, 3.63) is 35.9 Å². The van der Waals surface area contributed by atoms with Crippen molar-refractivity contribution in [1.82, 2.24) is 5.32 Å². The van der Waals surface area contributed by atoms with Crippen LogP contribution >= 0.6 is 0 Å². The van der Waals surface area contributed by atoms with Crippen molar-refractivity contribution in [2.24, 2.45) is 5.92 Å². The number of benzene rings is 1. The summed E-state index contributed by atoms with van der Waals surface area (Å²) in [5.41, 5.74) is 1.06. The summed E-state index contributed by atoms with van der Waals surface area (Å²) in [5, 5.41) is 21.6. The molecule has 0 aliphatic heterocycles. The minimum atomic E-state index is -0.0994. The number of nitriles is 1. The van der Waals surface area contributed by atoms with Crippen molar-refractivity contribution in [1.29, 1.82) is 5.26 Å². The third-order valence-corrected chi connectivity index (χ3v) is 3.37. The second-order valence-electron chi connectivity index (χ2n) is 4.92. The second-order valence-corrected chi connectivity index (χ2v) is 4.92. The number of nitrogens with one attached hydrogen (secondary N) is 1. The van der Waals surface area contributed by atoms with E-state index in [-0.39, 0.29) is 12.5 Å². The van der Waals surface area contributed by atoms with Gasteiger partial charge in [-0.15, -0.1) is 0 Å². The first-order valence-corrected chi connectivity index (χ1v) is 7.08. The van der Waals surface area contributed by atoms with E-state index in [0.29, 0.717) is 12.5 Å². The number of aliphatic hydroxyl groups excluding tert-OH is 1. The van der Waals surface area contributed by atoms with E-state index >= 15 is 0 Å². The monoisotopic (exact) mass is 260 g/mol. The molecule has 0 spiro atoms. The van der Waals surface area contributed by atoms with Gasteiger partial charge in [-0.2, -0.15) is 5.26 Å². The van der Waals surface area contributed by atoms with Crippen molar-refractivity contribution in [2.75, 3.05) is 19.7 Å². The van der Waals surface area contributed by atoms with Crippen LogP contribution in [0.5, 0.6) is 0 Å². The van der Waals surface area contributed by atoms with Crippen molar-refractivity contribution in [3.63, 3.8) is 0 Å². The van der Waals surface area contributed by atoms with Gasteiger partial charge in [0.2, 0.25) is 0 Å². The predicted molar refractivity (Wildman–Crippen MR) is 77.8 cm³/mol. The van der Waals surface area contributed by atoms with Crippen molar-refractivity contribution < 1.29 is 5.11 Å². The molecule has 1 rings (SSSR count). The highest BCUT2D eigenvalue weighted by atomic mass is 16.3. The van der Waals surface area contributed by atoms with Gasteiger partial charge in [0, 0.05) is 13.2 Å². The zero-order valence-electron chi connectivity index (χ0n) is 11.7. The van der Waals surface area contributed by atoms with Crippen LogP contribution in [0, 0.1) is 17.2 Å². The lowest BCUT2D eigenvalue weighted by Crippen LogP contribution is -2.27. The Hall–Kier alpha value is -1.37. The summed E-state index contributed by atoms with van der Waals surface area (Å²) < 4.78 is 0. The Kier molecular flexibility index (Phi) is 7.88. The van der Waals surface area contributed by atoms with E-state index in [0.717, 1.165) is 31.4 Å². The predicted octanol–water partition coefficient (Wildman–Crippen LogP) is 2.68. The van der Waals surface area contributed by atoms with E-state index in [4.69, 9.17) is 5.11 Å². The normalized spacial score (nSPS) is 13.7. The summed E-state index contributed by atoms with van der Waals surface area (Å²) >= 11 is 0. The first-order valence-electron chi connectivity index (χ1n) is 7.08. The number of nitrogens with zero attached hydrogens (tertiary/aromatic N) is 1. The van der Waals surface area contributed by atoms with E-state index in [2.05, 4.69) is 18.3 Å². The summed E-state index contributed by atoms with van der Waals surface area (Å²) in [5.74, 6) is 0.405. The zero-order chi connectivity index (χ0) is 13.9. The Morgan fingerprint density at radius 2 is 1.95 bits per heavy atom. The van der Waals surface area contributed by atoms with E-state index in [9.17, 15) is 5.26 Å². The molecule has 0 saturated carbocycles. The fourth-order valence-electron chi connectivity index (χ4n) is 2.29. The molecule has 104 valence electrons. The van der Waals surface area contributed by atoms with Crippen LogP contribution in [0.4, 0.5) is 0 Å². The average molecular weight is 260 g/mol. The summed E-state index contributed by atoms with van der Waals surface area (Å²) in [7, 11) is 0. The van der Waals surface area contributed by atoms with Crippen LogP contribution in [-0.4, -0.2) is 24.8 Å². The minimum absolute atomic E-state index is 0.0994. The third kappa shape index (κ3) is 5.87. The summed E-state index contributed by atoms with van der Waals surface area (Å²) in [6, 6.07) is 12.2. The van der Waals surface area contributed by atoms with Gasteiger partial charge in [-0.1, -0.05) is 43.7 Å². The first-order chi connectivity index (χ1) is 9.31. The zero-order valence-corrected chi connectivity index (χ0v) is 11.7. The Bertz CT molecular complexity index is 366. The molecule has 0 amide bonds. The fourth-order valence-corrected chi connectivity index (χ4v) is 2.29. The van der Waals surface area contributed by atoms with Gasteiger partial charge in [0.1, 0.15) is 0 Å². The summed E-state index contributed by atoms with van der Waals surface area (Å²) in [6.45, 7) is 3.95. The van der Waals surface area contributed by atoms with Gasteiger partial charge in [0.15, 0.2) is 0 Å². The number of rotatable bonds is 9. The largest absolute Gasteiger partial charge is 0.396 e. The first kappa shape index (κ1) is 15.7. The van der Waals surface area contributed by atoms with Gasteiger partial charge in [0.05, 0.1) is 12.0 Å². The molecular weight excluding hydrogens is 236 g/mol. The lowest BCUT2D eigenvalue weighted by Gasteiger charge is -2.17. The van der Waals surface area contributed by atoms with Crippen molar-refractivity contribution >= 4 is 0 Å². The molecule has 0 radical (unpaired) electrons. The molecule has 0 aliphatic carbocycles. The highest BCUT2D eigenvalue weighted by molar-refractivity contribution is 5.24. The van der Waals surface area contributed by atoms with Crippen LogP contribution in [0.1, 0.15) is 37.7 Å². The van der Waals surface area contributed by atoms with Gasteiger partial charge in [-0.25, -0.2) is 0 Å². The van der Waals surface area contributed by atoms with Crippen LogP contribution in [0.2, 0.25) is 0 Å². The SMILES string of the molecule is CCCC(CCO)CNCC(C#N)c1ccccc1. The average Bonchev–Trinajstić information content (AvgIpc) is 2.45. The molecule has 19 heavy (non-hydrogen) atoms. The Morgan fingerprint density at radius 1 is 1.21 bits per heavy atom. The molecule has 1 aromatic carbocycles. The molecule has 0 aromatic heterocycles. The highest BCUT2D eigenvalue weighted by Crippen LogP contribution is 2.14. The number of aliphatic hydroxyl groups is 1. The van der Waals surface area contributed by atoms with Crippen molar-refractivity contribution in [3.8, 4) is 6.07 Å². The molecular formula is C16H24N2O. The molecule has 3 heteroatoms. The lowest BCUT2D eigenvalue weighted by molar-refractivity contribution is 0.248. The molecule has 0 bridgehead atoms. The summed E-state index contributed by atoms with van der Waals surface area (Å²) in [6.07, 6.45) is 3.09. The molecule has 2 N–H and O–H groups in total. The molecule has 0 fully saturated rings. The van der Waals surface area contributed by atoms with Gasteiger partial charge >= 0.3 is 0 Å². The van der Waals surface area contributed by atoms with Crippen molar-refractivity contribution in [2.45, 2.75) is 32.1 Å². The molecule has 0 saturated heterocycles. The standard InChI is InChI=1S/C16H24N2O/c1-2-6-14(9-10-19)12-18-13-16(11-17)15-7-4-3-5-8-15/h3-5,7-8,14,16,18-19H,2,6,9-10,12-13H2,1H3. The smallest absolute Gasteiger partial charge is 0.0837 e. The second kappa shape index (κ2) is 9.55. The van der Waals surface area contributed by atoms with E-state index in [1.54, 1.807) is 0 Å². The topological polar surface area (TPSA) is 56.0 Å². The van der Waals surface area contributed by atoms with Gasteiger partial charge in [-0.05, 0) is 30.9 Å². The molecule has 0 aliphatic rings. The Labute approximate surface area is 116 Å². The Morgan fingerprint density at radius 3 is 2.53 bits per heavy atom. The van der Waals surface area contributed by atoms with Crippen LogP contribution in [-0.2, 0) is 0 Å². The van der Waals surface area contributed by atoms with Crippen LogP contribution in [0.25, 0.3) is 0 Å². The molecule has 1 aromatic rings. The molecule has 3 nitrogen and oxygen atoms in total. The van der Waals surface area contributed by atoms with Gasteiger partial charge < -0.3 is 10.4 Å². The van der Waals surface area contributed by atoms with Crippen LogP contribution in [0.3, 0.4) is 0 Å². The number of hydrogen-bond acceptors (Lipinski definition) is 3. The fraction of sp³-hybridized carbons (Fsp3) is 0.562. The number of hydrogen-bond donors (Lipinski definition) is 2. The van der Waals surface area contributed by atoms with Crippen LogP contribution in [0.15, 0.2) is 30.3 Å². The maximum atomic E-state index is 9.22. The van der Waals surface area contributed by atoms with E-state index < -0.39 is 0 Å². The van der Waals surface area contributed by atoms with E-state index in [1.807, 2.05) is 30.3 Å². The maximum absolute atomic E-state index is 9.22. The molecule has 2 atom stereocenters. The summed E-state index contributed by atoms with van der Waals surface area (Å²) in [4.78, 5) is 0. The van der Waals surface area contributed by atoms with Crippen LogP contribution < -0.4 is 5.32 Å². The van der Waals surface area contributed by atoms with Gasteiger partial charge in [-0.3, -0.25) is 0 Å². The Balaban J connectivity index is 2.39. The minimum Gasteiger partial charge on any atom is -0.396 e.